The van der Waals surface area contributed by atoms with Crippen molar-refractivity contribution in [2.75, 3.05) is 25.6 Å². The average Bonchev–Trinajstić information content (AvgIpc) is 3.02. The number of aryl methyl sites for hydroxylation is 1. The van der Waals surface area contributed by atoms with E-state index in [-0.39, 0.29) is 12.1 Å². The molecule has 1 saturated carbocycles. The van der Waals surface area contributed by atoms with Crippen LogP contribution in [0.15, 0.2) is 6.07 Å². The molecule has 1 N–H and O–H groups in total. The lowest BCUT2D eigenvalue weighted by Gasteiger charge is -2.34. The van der Waals surface area contributed by atoms with Gasteiger partial charge in [-0.05, 0) is 38.5 Å². The Kier molecular flexibility index (Phi) is 5.99. The predicted molar refractivity (Wildman–Crippen MR) is 98.8 cm³/mol. The zero-order chi connectivity index (χ0) is 17.8. The first-order valence-corrected chi connectivity index (χ1v) is 9.71. The number of nitrogens with zero attached hydrogens (tertiary/aromatic N) is 3. The summed E-state index contributed by atoms with van der Waals surface area (Å²) in [5, 5.41) is 7.62. The van der Waals surface area contributed by atoms with Crippen LogP contribution in [-0.2, 0) is 11.8 Å². The molecule has 3 rings (SSSR count). The van der Waals surface area contributed by atoms with Crippen LogP contribution >= 0.6 is 0 Å². The molecule has 0 unspecified atom stereocenters. The van der Waals surface area contributed by atoms with E-state index >= 15 is 0 Å². The number of aromatic nitrogens is 2. The molecule has 2 amide bonds. The van der Waals surface area contributed by atoms with E-state index < -0.39 is 0 Å². The van der Waals surface area contributed by atoms with Gasteiger partial charge in [0, 0.05) is 38.7 Å². The Morgan fingerprint density at radius 2 is 2.08 bits per heavy atom. The Morgan fingerprint density at radius 1 is 1.32 bits per heavy atom. The van der Waals surface area contributed by atoms with E-state index in [2.05, 4.69) is 17.3 Å². The molecule has 6 nitrogen and oxygen atoms in total. The maximum atomic E-state index is 12.7. The van der Waals surface area contributed by atoms with Gasteiger partial charge in [-0.25, -0.2) is 4.79 Å². The number of hydrogen-bond donors (Lipinski definition) is 1. The van der Waals surface area contributed by atoms with E-state index in [1.807, 2.05) is 25.1 Å². The van der Waals surface area contributed by atoms with Gasteiger partial charge in [0.25, 0.3) is 0 Å². The summed E-state index contributed by atoms with van der Waals surface area (Å²) in [6, 6.07) is 2.21. The molecular formula is C19H32N4O2. The van der Waals surface area contributed by atoms with Crippen molar-refractivity contribution in [1.82, 2.24) is 14.7 Å². The molecule has 0 radical (unpaired) electrons. The molecule has 1 saturated heterocycles. The van der Waals surface area contributed by atoms with E-state index in [4.69, 9.17) is 4.74 Å². The van der Waals surface area contributed by atoms with Crippen LogP contribution in [0.2, 0.25) is 0 Å². The van der Waals surface area contributed by atoms with Crippen LogP contribution in [0, 0.1) is 5.92 Å². The second kappa shape index (κ2) is 8.21. The second-order valence-electron chi connectivity index (χ2n) is 7.67. The van der Waals surface area contributed by atoms with Gasteiger partial charge in [-0.15, -0.1) is 0 Å². The third-order valence-corrected chi connectivity index (χ3v) is 5.98. The largest absolute Gasteiger partial charge is 0.381 e. The van der Waals surface area contributed by atoms with E-state index in [0.717, 1.165) is 37.6 Å². The van der Waals surface area contributed by atoms with Crippen molar-refractivity contribution in [3.63, 3.8) is 0 Å². The summed E-state index contributed by atoms with van der Waals surface area (Å²) in [7, 11) is 3.79. The highest BCUT2D eigenvalue weighted by Gasteiger charge is 2.27. The molecule has 0 bridgehead atoms. The van der Waals surface area contributed by atoms with E-state index in [1.54, 1.807) is 4.68 Å². The van der Waals surface area contributed by atoms with Crippen molar-refractivity contribution >= 4 is 11.8 Å². The highest BCUT2D eigenvalue weighted by Crippen LogP contribution is 2.29. The van der Waals surface area contributed by atoms with Gasteiger partial charge in [0.1, 0.15) is 5.82 Å². The van der Waals surface area contributed by atoms with Gasteiger partial charge in [0.15, 0.2) is 0 Å². The summed E-state index contributed by atoms with van der Waals surface area (Å²) in [4.78, 5) is 14.5. The quantitative estimate of drug-likeness (QED) is 0.901. The fourth-order valence-electron chi connectivity index (χ4n) is 4.10. The Bertz CT molecular complexity index is 574. The van der Waals surface area contributed by atoms with Crippen molar-refractivity contribution in [1.29, 1.82) is 0 Å². The van der Waals surface area contributed by atoms with E-state index in [1.165, 1.54) is 32.1 Å². The first-order chi connectivity index (χ1) is 12.1. The van der Waals surface area contributed by atoms with Gasteiger partial charge < -0.3 is 9.64 Å². The summed E-state index contributed by atoms with van der Waals surface area (Å²) in [5.74, 6) is 1.71. The first kappa shape index (κ1) is 18.2. The minimum absolute atomic E-state index is 0.0486. The smallest absolute Gasteiger partial charge is 0.322 e. The van der Waals surface area contributed by atoms with Crippen LogP contribution in [0.4, 0.5) is 10.6 Å². The van der Waals surface area contributed by atoms with Crippen LogP contribution in [0.3, 0.4) is 0 Å². The molecule has 2 atom stereocenters. The zero-order valence-electron chi connectivity index (χ0n) is 15.8. The van der Waals surface area contributed by atoms with Gasteiger partial charge in [-0.3, -0.25) is 10.00 Å². The van der Waals surface area contributed by atoms with Crippen molar-refractivity contribution in [3.05, 3.63) is 11.8 Å². The summed E-state index contributed by atoms with van der Waals surface area (Å²) in [6.45, 7) is 3.74. The number of carbonyl (C=O) groups is 1. The molecule has 0 spiro atoms. The van der Waals surface area contributed by atoms with Crippen LogP contribution in [0.5, 0.6) is 0 Å². The number of rotatable bonds is 4. The number of amides is 2. The fourth-order valence-corrected chi connectivity index (χ4v) is 4.10. The SMILES string of the molecule is C[C@@H](C1CCCCC1)N(C)C(=O)Nc1cc([C@H]2CCCOC2)nn1C. The van der Waals surface area contributed by atoms with Crippen LogP contribution in [-0.4, -0.2) is 47.0 Å². The van der Waals surface area contributed by atoms with E-state index in [9.17, 15) is 4.79 Å². The number of urea groups is 1. The molecule has 1 aliphatic carbocycles. The fraction of sp³-hybridized carbons (Fsp3) is 0.789. The Hall–Kier alpha value is -1.56. The Morgan fingerprint density at radius 3 is 2.76 bits per heavy atom. The minimum Gasteiger partial charge on any atom is -0.381 e. The maximum Gasteiger partial charge on any atom is 0.322 e. The molecule has 25 heavy (non-hydrogen) atoms. The minimum atomic E-state index is -0.0486. The molecular weight excluding hydrogens is 316 g/mol. The molecule has 1 aromatic heterocycles. The lowest BCUT2D eigenvalue weighted by Crippen LogP contribution is -2.43. The van der Waals surface area contributed by atoms with Gasteiger partial charge in [0.2, 0.25) is 0 Å². The van der Waals surface area contributed by atoms with Crippen molar-refractivity contribution in [3.8, 4) is 0 Å². The topological polar surface area (TPSA) is 59.4 Å². The van der Waals surface area contributed by atoms with Crippen molar-refractivity contribution < 1.29 is 9.53 Å². The number of carbonyl (C=O) groups excluding carboxylic acids is 1. The van der Waals surface area contributed by atoms with Crippen LogP contribution in [0.1, 0.15) is 63.5 Å². The summed E-state index contributed by atoms with van der Waals surface area (Å²) in [6.07, 6.45) is 8.56. The summed E-state index contributed by atoms with van der Waals surface area (Å²) < 4.78 is 7.32. The van der Waals surface area contributed by atoms with Gasteiger partial charge in [-0.2, -0.15) is 5.10 Å². The van der Waals surface area contributed by atoms with Crippen LogP contribution in [0.25, 0.3) is 0 Å². The molecule has 2 heterocycles. The van der Waals surface area contributed by atoms with Gasteiger partial charge in [0.05, 0.1) is 12.3 Å². The lowest BCUT2D eigenvalue weighted by atomic mass is 9.84. The summed E-state index contributed by atoms with van der Waals surface area (Å²) >= 11 is 0. The third-order valence-electron chi connectivity index (χ3n) is 5.98. The normalized spacial score (nSPS) is 23.2. The third kappa shape index (κ3) is 4.35. The first-order valence-electron chi connectivity index (χ1n) is 9.71. The standard InChI is InChI=1S/C19H32N4O2/c1-14(15-8-5-4-6-9-15)22(2)19(24)20-18-12-17(21-23(18)3)16-10-7-11-25-13-16/h12,14-16H,4-11,13H2,1-3H3,(H,20,24)/t14-,16-/m0/s1. The van der Waals surface area contributed by atoms with Gasteiger partial charge in [-0.1, -0.05) is 19.3 Å². The molecule has 0 aromatic carbocycles. The summed E-state index contributed by atoms with van der Waals surface area (Å²) in [5.41, 5.74) is 1.01. The molecule has 2 aliphatic rings. The van der Waals surface area contributed by atoms with Crippen molar-refractivity contribution in [2.24, 2.45) is 13.0 Å². The van der Waals surface area contributed by atoms with Crippen LogP contribution < -0.4 is 5.32 Å². The zero-order valence-corrected chi connectivity index (χ0v) is 15.8. The molecule has 1 aromatic rings. The Balaban J connectivity index is 1.60. The number of nitrogens with one attached hydrogen (secondary N) is 1. The van der Waals surface area contributed by atoms with Crippen molar-refractivity contribution in [2.45, 2.75) is 63.8 Å². The Labute approximate surface area is 150 Å². The highest BCUT2D eigenvalue weighted by atomic mass is 16.5. The number of hydrogen-bond acceptors (Lipinski definition) is 3. The average molecular weight is 348 g/mol. The number of anilines is 1. The van der Waals surface area contributed by atoms with Gasteiger partial charge >= 0.3 is 6.03 Å². The second-order valence-corrected chi connectivity index (χ2v) is 7.67. The molecule has 1 aliphatic heterocycles. The van der Waals surface area contributed by atoms with E-state index in [0.29, 0.717) is 11.8 Å². The number of ether oxygens (including phenoxy) is 1. The molecule has 140 valence electrons. The maximum absolute atomic E-state index is 12.7. The lowest BCUT2D eigenvalue weighted by molar-refractivity contribution is 0.0791. The monoisotopic (exact) mass is 348 g/mol. The molecule has 2 fully saturated rings. The predicted octanol–water partition coefficient (Wildman–Crippen LogP) is 3.75. The molecule has 6 heteroatoms. The highest BCUT2D eigenvalue weighted by molar-refractivity contribution is 5.88.